The van der Waals surface area contributed by atoms with Crippen LogP contribution in [0.15, 0.2) is 0 Å². The third kappa shape index (κ3) is 2.84. The molecule has 2 fully saturated rings. The maximum atomic E-state index is 5.35. The molecule has 5 nitrogen and oxygen atoms in total. The zero-order valence-electron chi connectivity index (χ0n) is 11.8. The molecule has 1 aliphatic carbocycles. The van der Waals surface area contributed by atoms with Crippen LogP contribution in [0.4, 0.5) is 5.95 Å². The normalized spacial score (nSPS) is 21.3. The molecule has 0 unspecified atom stereocenters. The minimum absolute atomic E-state index is 0.593. The van der Waals surface area contributed by atoms with Crippen LogP contribution in [-0.2, 0) is 0 Å². The van der Waals surface area contributed by atoms with Gasteiger partial charge >= 0.3 is 0 Å². The number of hydrogen-bond acceptors (Lipinski definition) is 4. The van der Waals surface area contributed by atoms with Crippen molar-refractivity contribution in [1.82, 2.24) is 19.7 Å². The molecule has 0 atom stereocenters. The lowest BCUT2D eigenvalue weighted by Crippen LogP contribution is -2.48. The minimum atomic E-state index is 0.593. The monoisotopic (exact) mass is 281 g/mol. The maximum absolute atomic E-state index is 5.35. The van der Waals surface area contributed by atoms with E-state index in [4.69, 9.17) is 12.2 Å². The highest BCUT2D eigenvalue weighted by molar-refractivity contribution is 7.71. The summed E-state index contributed by atoms with van der Waals surface area (Å²) in [6.07, 6.45) is 2.49. The molecule has 0 bridgehead atoms. The van der Waals surface area contributed by atoms with E-state index in [1.807, 2.05) is 0 Å². The topological polar surface area (TPSA) is 40.1 Å². The second-order valence-electron chi connectivity index (χ2n) is 6.11. The number of piperazine rings is 1. The predicted octanol–water partition coefficient (Wildman–Crippen LogP) is 2.05. The lowest BCUT2D eigenvalue weighted by molar-refractivity contribution is 0.230. The van der Waals surface area contributed by atoms with Crippen LogP contribution in [0.2, 0.25) is 0 Å². The molecule has 1 aromatic rings. The summed E-state index contributed by atoms with van der Waals surface area (Å²) in [5, 5.41) is 7.40. The van der Waals surface area contributed by atoms with E-state index in [1.54, 1.807) is 0 Å². The third-order valence-electron chi connectivity index (χ3n) is 3.88. The van der Waals surface area contributed by atoms with Crippen LogP contribution in [0.3, 0.4) is 0 Å². The fraction of sp³-hybridized carbons (Fsp3) is 0.846. The van der Waals surface area contributed by atoms with Crippen molar-refractivity contribution in [1.29, 1.82) is 0 Å². The van der Waals surface area contributed by atoms with Gasteiger partial charge in [0.1, 0.15) is 0 Å². The fourth-order valence-corrected chi connectivity index (χ4v) is 3.10. The summed E-state index contributed by atoms with van der Waals surface area (Å²) in [5.74, 6) is 1.80. The summed E-state index contributed by atoms with van der Waals surface area (Å²) in [7, 11) is 0. The average Bonchev–Trinajstić information content (AvgIpc) is 3.13. The van der Waals surface area contributed by atoms with Crippen LogP contribution in [0.1, 0.15) is 32.7 Å². The van der Waals surface area contributed by atoms with Gasteiger partial charge in [-0.15, -0.1) is 5.10 Å². The lowest BCUT2D eigenvalue weighted by atomic mass is 10.2. The van der Waals surface area contributed by atoms with Crippen LogP contribution in [0.25, 0.3) is 0 Å². The first-order chi connectivity index (χ1) is 9.15. The Morgan fingerprint density at radius 2 is 1.95 bits per heavy atom. The molecule has 1 saturated carbocycles. The second kappa shape index (κ2) is 5.25. The second-order valence-corrected chi connectivity index (χ2v) is 6.50. The fourth-order valence-electron chi connectivity index (χ4n) is 2.83. The summed E-state index contributed by atoms with van der Waals surface area (Å²) in [5.41, 5.74) is 0. The Kier molecular flexibility index (Phi) is 3.62. The molecule has 3 rings (SSSR count). The number of rotatable bonds is 4. The van der Waals surface area contributed by atoms with Crippen molar-refractivity contribution in [3.63, 3.8) is 0 Å². The Morgan fingerprint density at radius 3 is 2.53 bits per heavy atom. The average molecular weight is 281 g/mol. The standard InChI is InChI=1S/C13H23N5S/c1-10(2)9-16-5-7-17(8-6-16)12-14-15-13(19)18(12)11-3-4-11/h10-11H,3-9H2,1-2H3,(H,15,19). The van der Waals surface area contributed by atoms with E-state index in [1.165, 1.54) is 19.4 Å². The SMILES string of the molecule is CC(C)CN1CCN(c2n[nH]c(=S)n2C2CC2)CC1. The van der Waals surface area contributed by atoms with E-state index in [0.29, 0.717) is 6.04 Å². The molecule has 0 aromatic carbocycles. The molecule has 1 saturated heterocycles. The van der Waals surface area contributed by atoms with Gasteiger partial charge in [-0.3, -0.25) is 9.47 Å². The smallest absolute Gasteiger partial charge is 0.226 e. The van der Waals surface area contributed by atoms with E-state index < -0.39 is 0 Å². The van der Waals surface area contributed by atoms with Gasteiger partial charge in [0.15, 0.2) is 4.77 Å². The first-order valence-corrected chi connectivity index (χ1v) is 7.70. The van der Waals surface area contributed by atoms with E-state index in [9.17, 15) is 0 Å². The molecule has 106 valence electrons. The number of hydrogen-bond donors (Lipinski definition) is 1. The first-order valence-electron chi connectivity index (χ1n) is 7.29. The Hall–Kier alpha value is -0.880. The maximum Gasteiger partial charge on any atom is 0.226 e. The van der Waals surface area contributed by atoms with Gasteiger partial charge in [0.05, 0.1) is 0 Å². The van der Waals surface area contributed by atoms with Crippen molar-refractivity contribution in [3.05, 3.63) is 4.77 Å². The number of nitrogens with one attached hydrogen (secondary N) is 1. The van der Waals surface area contributed by atoms with Crippen molar-refractivity contribution in [3.8, 4) is 0 Å². The number of anilines is 1. The van der Waals surface area contributed by atoms with Crippen molar-refractivity contribution in [2.75, 3.05) is 37.6 Å². The van der Waals surface area contributed by atoms with Crippen molar-refractivity contribution >= 4 is 18.2 Å². The van der Waals surface area contributed by atoms with Crippen LogP contribution in [0, 0.1) is 10.7 Å². The van der Waals surface area contributed by atoms with Gasteiger partial charge < -0.3 is 4.90 Å². The highest BCUT2D eigenvalue weighted by Gasteiger charge is 2.30. The van der Waals surface area contributed by atoms with Gasteiger partial charge in [-0.1, -0.05) is 13.8 Å². The third-order valence-corrected chi connectivity index (χ3v) is 4.16. The van der Waals surface area contributed by atoms with E-state index in [2.05, 4.69) is 38.4 Å². The molecule has 1 aromatic heterocycles. The van der Waals surface area contributed by atoms with Crippen LogP contribution in [0.5, 0.6) is 0 Å². The summed E-state index contributed by atoms with van der Waals surface area (Å²) in [6.45, 7) is 10.1. The number of nitrogens with zero attached hydrogens (tertiary/aromatic N) is 4. The van der Waals surface area contributed by atoms with Gasteiger partial charge in [-0.05, 0) is 31.0 Å². The van der Waals surface area contributed by atoms with E-state index in [-0.39, 0.29) is 0 Å². The van der Waals surface area contributed by atoms with Crippen molar-refractivity contribution in [2.45, 2.75) is 32.7 Å². The molecule has 2 heterocycles. The minimum Gasteiger partial charge on any atom is -0.338 e. The molecule has 0 amide bonds. The van der Waals surface area contributed by atoms with Gasteiger partial charge in [-0.25, -0.2) is 5.10 Å². The zero-order chi connectivity index (χ0) is 13.4. The predicted molar refractivity (Wildman–Crippen MR) is 79.2 cm³/mol. The summed E-state index contributed by atoms with van der Waals surface area (Å²) < 4.78 is 3.00. The van der Waals surface area contributed by atoms with Gasteiger partial charge in [0, 0.05) is 38.8 Å². The molecule has 1 N–H and O–H groups in total. The molecule has 6 heteroatoms. The molecule has 19 heavy (non-hydrogen) atoms. The lowest BCUT2D eigenvalue weighted by Gasteiger charge is -2.35. The number of H-pyrrole nitrogens is 1. The van der Waals surface area contributed by atoms with E-state index >= 15 is 0 Å². The van der Waals surface area contributed by atoms with Crippen LogP contribution >= 0.6 is 12.2 Å². The quantitative estimate of drug-likeness (QED) is 0.858. The summed E-state index contributed by atoms with van der Waals surface area (Å²) >= 11 is 5.35. The van der Waals surface area contributed by atoms with Crippen molar-refractivity contribution in [2.24, 2.45) is 5.92 Å². The Bertz CT molecular complexity index is 479. The summed E-state index contributed by atoms with van der Waals surface area (Å²) in [4.78, 5) is 4.92. The molecule has 2 aliphatic rings. The Morgan fingerprint density at radius 1 is 1.26 bits per heavy atom. The summed E-state index contributed by atoms with van der Waals surface area (Å²) in [6, 6.07) is 0.593. The van der Waals surface area contributed by atoms with Gasteiger partial charge in [0.2, 0.25) is 5.95 Å². The van der Waals surface area contributed by atoms with E-state index in [0.717, 1.165) is 42.8 Å². The molecule has 0 spiro atoms. The number of aromatic amines is 1. The molecule has 1 aliphatic heterocycles. The van der Waals surface area contributed by atoms with Crippen LogP contribution < -0.4 is 4.90 Å². The Balaban J connectivity index is 1.67. The molecular formula is C13H23N5S. The zero-order valence-corrected chi connectivity index (χ0v) is 12.6. The highest BCUT2D eigenvalue weighted by atomic mass is 32.1. The van der Waals surface area contributed by atoms with Gasteiger partial charge in [-0.2, -0.15) is 0 Å². The van der Waals surface area contributed by atoms with Gasteiger partial charge in [0.25, 0.3) is 0 Å². The molecular weight excluding hydrogens is 258 g/mol. The molecule has 0 radical (unpaired) electrons. The number of aromatic nitrogens is 3. The highest BCUT2D eigenvalue weighted by Crippen LogP contribution is 2.37. The largest absolute Gasteiger partial charge is 0.338 e. The van der Waals surface area contributed by atoms with Crippen LogP contribution in [-0.4, -0.2) is 52.4 Å². The van der Waals surface area contributed by atoms with Crippen molar-refractivity contribution < 1.29 is 0 Å². The first kappa shape index (κ1) is 13.1. The Labute approximate surface area is 119 Å².